The van der Waals surface area contributed by atoms with Crippen LogP contribution >= 0.6 is 0 Å². The second-order valence-corrected chi connectivity index (χ2v) is 5.34. The van der Waals surface area contributed by atoms with Gasteiger partial charge in [-0.3, -0.25) is 4.79 Å². The molecule has 0 saturated carbocycles. The zero-order chi connectivity index (χ0) is 18.4. The molecule has 134 valence electrons. The van der Waals surface area contributed by atoms with E-state index >= 15 is 0 Å². The average Bonchev–Trinajstić information content (AvgIpc) is 2.64. The van der Waals surface area contributed by atoms with Gasteiger partial charge in [-0.25, -0.2) is 0 Å². The Bertz CT molecular complexity index is 754. The van der Waals surface area contributed by atoms with E-state index in [4.69, 9.17) is 18.9 Å². The van der Waals surface area contributed by atoms with Crippen molar-refractivity contribution in [3.63, 3.8) is 0 Å². The summed E-state index contributed by atoms with van der Waals surface area (Å²) in [4.78, 5) is 12.6. The smallest absolute Gasteiger partial charge is 0.170 e. The van der Waals surface area contributed by atoms with Crippen molar-refractivity contribution in [3.8, 4) is 28.7 Å². The summed E-state index contributed by atoms with van der Waals surface area (Å²) < 4.78 is 20.7. The van der Waals surface area contributed by atoms with Gasteiger partial charge >= 0.3 is 0 Å². The van der Waals surface area contributed by atoms with Crippen LogP contribution in [-0.4, -0.2) is 39.3 Å². The molecule has 0 saturated heterocycles. The maximum atomic E-state index is 12.6. The predicted octanol–water partition coefficient (Wildman–Crippen LogP) is 3.24. The Morgan fingerprint density at radius 3 is 2.16 bits per heavy atom. The Morgan fingerprint density at radius 2 is 1.56 bits per heavy atom. The average molecular weight is 346 g/mol. The lowest BCUT2D eigenvalue weighted by Gasteiger charge is -2.12. The molecule has 25 heavy (non-hydrogen) atoms. The lowest BCUT2D eigenvalue weighted by Crippen LogP contribution is -2.05. The zero-order valence-electron chi connectivity index (χ0n) is 14.8. The van der Waals surface area contributed by atoms with Gasteiger partial charge in [0.25, 0.3) is 0 Å². The second kappa shape index (κ2) is 8.28. The molecule has 2 aromatic rings. The van der Waals surface area contributed by atoms with Crippen LogP contribution in [-0.2, 0) is 6.42 Å². The normalized spacial score (nSPS) is 10.2. The first kappa shape index (κ1) is 18.4. The summed E-state index contributed by atoms with van der Waals surface area (Å²) in [5, 5.41) is 10.1. The van der Waals surface area contributed by atoms with E-state index in [9.17, 15) is 9.90 Å². The number of hydrogen-bond acceptors (Lipinski definition) is 6. The molecule has 6 heteroatoms. The van der Waals surface area contributed by atoms with Crippen LogP contribution in [0.1, 0.15) is 22.3 Å². The number of carbonyl (C=O) groups is 1. The fraction of sp³-hybridized carbons (Fsp3) is 0.316. The summed E-state index contributed by atoms with van der Waals surface area (Å²) in [5.74, 6) is 1.57. The SMILES string of the molecule is COc1cc(O)c(C(=O)CCc2ccc(OC)c(OC)c2)c(OC)c1. The van der Waals surface area contributed by atoms with Crippen LogP contribution in [0.3, 0.4) is 0 Å². The third-order valence-corrected chi connectivity index (χ3v) is 3.88. The Labute approximate surface area is 146 Å². The van der Waals surface area contributed by atoms with Gasteiger partial charge in [-0.15, -0.1) is 0 Å². The van der Waals surface area contributed by atoms with E-state index in [-0.39, 0.29) is 29.3 Å². The first-order chi connectivity index (χ1) is 12.0. The number of benzene rings is 2. The summed E-state index contributed by atoms with van der Waals surface area (Å²) in [5.41, 5.74) is 1.08. The van der Waals surface area contributed by atoms with Gasteiger partial charge in [0.05, 0.1) is 28.4 Å². The van der Waals surface area contributed by atoms with Crippen molar-refractivity contribution in [2.45, 2.75) is 12.8 Å². The maximum Gasteiger partial charge on any atom is 0.170 e. The third-order valence-electron chi connectivity index (χ3n) is 3.88. The van der Waals surface area contributed by atoms with E-state index in [0.717, 1.165) is 5.56 Å². The van der Waals surface area contributed by atoms with Crippen LogP contribution in [0.4, 0.5) is 0 Å². The minimum atomic E-state index is -0.216. The highest BCUT2D eigenvalue weighted by Gasteiger charge is 2.19. The number of phenols is 1. The molecule has 2 rings (SSSR count). The van der Waals surface area contributed by atoms with Crippen LogP contribution < -0.4 is 18.9 Å². The number of phenolic OH excluding ortho intramolecular Hbond substituents is 1. The van der Waals surface area contributed by atoms with E-state index in [1.54, 1.807) is 26.4 Å². The molecule has 0 aliphatic carbocycles. The standard InChI is InChI=1S/C19H22O6/c1-22-13-10-15(21)19(18(11-13)25-4)14(20)7-5-12-6-8-16(23-2)17(9-12)24-3/h6,8-11,21H,5,7H2,1-4H3. The van der Waals surface area contributed by atoms with Crippen molar-refractivity contribution >= 4 is 5.78 Å². The molecular weight excluding hydrogens is 324 g/mol. The highest BCUT2D eigenvalue weighted by atomic mass is 16.5. The van der Waals surface area contributed by atoms with Gasteiger partial charge < -0.3 is 24.1 Å². The molecule has 0 aromatic heterocycles. The highest BCUT2D eigenvalue weighted by molar-refractivity contribution is 6.01. The molecule has 0 atom stereocenters. The van der Waals surface area contributed by atoms with Gasteiger partial charge in [-0.05, 0) is 24.1 Å². The number of hydrogen-bond donors (Lipinski definition) is 1. The Hall–Kier alpha value is -2.89. The van der Waals surface area contributed by atoms with Crippen molar-refractivity contribution in [1.29, 1.82) is 0 Å². The monoisotopic (exact) mass is 346 g/mol. The van der Waals surface area contributed by atoms with Crippen LogP contribution in [0.2, 0.25) is 0 Å². The van der Waals surface area contributed by atoms with Gasteiger partial charge in [0.15, 0.2) is 17.3 Å². The number of rotatable bonds is 8. The minimum Gasteiger partial charge on any atom is -0.507 e. The van der Waals surface area contributed by atoms with E-state index in [1.807, 2.05) is 12.1 Å². The number of methoxy groups -OCH3 is 4. The summed E-state index contributed by atoms with van der Waals surface area (Å²) in [6.07, 6.45) is 0.708. The molecule has 2 aromatic carbocycles. The summed E-state index contributed by atoms with van der Waals surface area (Å²) >= 11 is 0. The molecule has 0 unspecified atom stereocenters. The van der Waals surface area contributed by atoms with Crippen LogP contribution in [0.5, 0.6) is 28.7 Å². The summed E-state index contributed by atoms with van der Waals surface area (Å²) in [6, 6.07) is 8.47. The van der Waals surface area contributed by atoms with Crippen LogP contribution in [0.25, 0.3) is 0 Å². The van der Waals surface area contributed by atoms with Gasteiger partial charge in [0, 0.05) is 18.6 Å². The van der Waals surface area contributed by atoms with Crippen molar-refractivity contribution in [2.75, 3.05) is 28.4 Å². The number of ketones is 1. The van der Waals surface area contributed by atoms with Gasteiger partial charge in [0.1, 0.15) is 22.8 Å². The first-order valence-corrected chi connectivity index (χ1v) is 7.73. The molecule has 0 aliphatic rings. The number of Topliss-reactive ketones (excluding diaryl/α,β-unsaturated/α-hetero) is 1. The summed E-state index contributed by atoms with van der Waals surface area (Å²) in [7, 11) is 6.05. The number of aromatic hydroxyl groups is 1. The third kappa shape index (κ3) is 4.15. The van der Waals surface area contributed by atoms with E-state index in [1.165, 1.54) is 20.3 Å². The lowest BCUT2D eigenvalue weighted by atomic mass is 10.0. The van der Waals surface area contributed by atoms with Crippen molar-refractivity contribution in [1.82, 2.24) is 0 Å². The topological polar surface area (TPSA) is 74.2 Å². The van der Waals surface area contributed by atoms with E-state index in [2.05, 4.69) is 0 Å². The van der Waals surface area contributed by atoms with Gasteiger partial charge in [-0.2, -0.15) is 0 Å². The number of aryl methyl sites for hydroxylation is 1. The molecule has 0 aliphatic heterocycles. The summed E-state index contributed by atoms with van der Waals surface area (Å²) in [6.45, 7) is 0. The van der Waals surface area contributed by atoms with Crippen molar-refractivity contribution in [2.24, 2.45) is 0 Å². The fourth-order valence-electron chi connectivity index (χ4n) is 2.55. The van der Waals surface area contributed by atoms with Crippen LogP contribution in [0.15, 0.2) is 30.3 Å². The zero-order valence-corrected chi connectivity index (χ0v) is 14.8. The Morgan fingerprint density at radius 1 is 0.880 bits per heavy atom. The molecule has 0 bridgehead atoms. The Balaban J connectivity index is 2.18. The molecule has 0 amide bonds. The minimum absolute atomic E-state index is 0.156. The van der Waals surface area contributed by atoms with Gasteiger partial charge in [0.2, 0.25) is 0 Å². The second-order valence-electron chi connectivity index (χ2n) is 5.34. The van der Waals surface area contributed by atoms with Crippen molar-refractivity contribution < 1.29 is 28.8 Å². The molecule has 0 radical (unpaired) electrons. The molecule has 6 nitrogen and oxygen atoms in total. The highest BCUT2D eigenvalue weighted by Crippen LogP contribution is 2.34. The largest absolute Gasteiger partial charge is 0.507 e. The fourth-order valence-corrected chi connectivity index (χ4v) is 2.55. The molecule has 0 fully saturated rings. The van der Waals surface area contributed by atoms with Gasteiger partial charge in [-0.1, -0.05) is 6.07 Å². The van der Waals surface area contributed by atoms with Crippen molar-refractivity contribution in [3.05, 3.63) is 41.5 Å². The quantitative estimate of drug-likeness (QED) is 0.740. The lowest BCUT2D eigenvalue weighted by molar-refractivity contribution is 0.0977. The molecule has 0 spiro atoms. The molecular formula is C19H22O6. The maximum absolute atomic E-state index is 12.6. The first-order valence-electron chi connectivity index (χ1n) is 7.73. The number of carbonyl (C=O) groups excluding carboxylic acids is 1. The molecule has 0 heterocycles. The number of ether oxygens (including phenoxy) is 4. The Kier molecular flexibility index (Phi) is 6.11. The predicted molar refractivity (Wildman–Crippen MR) is 93.4 cm³/mol. The van der Waals surface area contributed by atoms with E-state index < -0.39 is 0 Å². The molecule has 1 N–H and O–H groups in total. The van der Waals surface area contributed by atoms with E-state index in [0.29, 0.717) is 23.7 Å². The van der Waals surface area contributed by atoms with Crippen LogP contribution in [0, 0.1) is 0 Å².